The SMILES string of the molecule is O=Nc1ccc2cc(C(=O)O)sc2c1. The molecule has 5 heteroatoms. The Kier molecular flexibility index (Phi) is 2.01. The van der Waals surface area contributed by atoms with Crippen molar-refractivity contribution in [1.29, 1.82) is 0 Å². The lowest BCUT2D eigenvalue weighted by Crippen LogP contribution is -1.89. The summed E-state index contributed by atoms with van der Waals surface area (Å²) in [6.45, 7) is 0. The molecule has 1 heterocycles. The third kappa shape index (κ3) is 1.38. The van der Waals surface area contributed by atoms with E-state index in [4.69, 9.17) is 5.11 Å². The summed E-state index contributed by atoms with van der Waals surface area (Å²) in [5, 5.41) is 12.3. The first kappa shape index (κ1) is 8.83. The van der Waals surface area contributed by atoms with Gasteiger partial charge in [-0.3, -0.25) is 0 Å². The van der Waals surface area contributed by atoms with E-state index in [1.807, 2.05) is 0 Å². The van der Waals surface area contributed by atoms with E-state index >= 15 is 0 Å². The molecular formula is C9H5NO3S. The number of carboxylic acids is 1. The van der Waals surface area contributed by atoms with Gasteiger partial charge in [-0.25, -0.2) is 4.79 Å². The molecule has 0 aliphatic rings. The monoisotopic (exact) mass is 207 g/mol. The zero-order valence-corrected chi connectivity index (χ0v) is 7.75. The smallest absolute Gasteiger partial charge is 0.345 e. The maximum atomic E-state index is 10.7. The van der Waals surface area contributed by atoms with Crippen LogP contribution in [-0.4, -0.2) is 11.1 Å². The Bertz CT molecular complexity index is 518. The summed E-state index contributed by atoms with van der Waals surface area (Å²) in [5.74, 6) is -0.952. The Balaban J connectivity index is 2.65. The summed E-state index contributed by atoms with van der Waals surface area (Å²) in [4.78, 5) is 21.1. The number of benzene rings is 1. The van der Waals surface area contributed by atoms with Gasteiger partial charge in [-0.1, -0.05) is 6.07 Å². The van der Waals surface area contributed by atoms with E-state index in [2.05, 4.69) is 5.18 Å². The van der Waals surface area contributed by atoms with Gasteiger partial charge in [0.1, 0.15) is 10.6 Å². The highest BCUT2D eigenvalue weighted by Crippen LogP contribution is 2.29. The fourth-order valence-corrected chi connectivity index (χ4v) is 2.12. The van der Waals surface area contributed by atoms with Gasteiger partial charge in [0.15, 0.2) is 0 Å². The van der Waals surface area contributed by atoms with Crippen LogP contribution in [0.15, 0.2) is 29.4 Å². The van der Waals surface area contributed by atoms with Crippen LogP contribution in [0.4, 0.5) is 5.69 Å². The Labute approximate surface area is 82.8 Å². The lowest BCUT2D eigenvalue weighted by Gasteiger charge is -1.87. The van der Waals surface area contributed by atoms with Crippen LogP contribution in [0, 0.1) is 4.91 Å². The third-order valence-electron chi connectivity index (χ3n) is 1.82. The Morgan fingerprint density at radius 3 is 2.79 bits per heavy atom. The third-order valence-corrected chi connectivity index (χ3v) is 2.91. The van der Waals surface area contributed by atoms with Crippen LogP contribution in [-0.2, 0) is 0 Å². The lowest BCUT2D eigenvalue weighted by molar-refractivity contribution is 0.0702. The number of carboxylic acid groups (broad SMARTS) is 1. The van der Waals surface area contributed by atoms with Gasteiger partial charge in [-0.2, -0.15) is 0 Å². The van der Waals surface area contributed by atoms with Crippen molar-refractivity contribution in [3.05, 3.63) is 34.0 Å². The Morgan fingerprint density at radius 1 is 1.36 bits per heavy atom. The molecule has 2 rings (SSSR count). The maximum Gasteiger partial charge on any atom is 0.345 e. The average molecular weight is 207 g/mol. The summed E-state index contributed by atoms with van der Waals surface area (Å²) in [6, 6.07) is 6.42. The van der Waals surface area contributed by atoms with Gasteiger partial charge in [0.2, 0.25) is 0 Å². The first-order chi connectivity index (χ1) is 6.70. The van der Waals surface area contributed by atoms with Crippen LogP contribution in [0.3, 0.4) is 0 Å². The fourth-order valence-electron chi connectivity index (χ4n) is 1.18. The molecule has 0 fully saturated rings. The van der Waals surface area contributed by atoms with Crippen LogP contribution in [0.25, 0.3) is 10.1 Å². The predicted molar refractivity (Wildman–Crippen MR) is 54.2 cm³/mol. The molecule has 1 N–H and O–H groups in total. The van der Waals surface area contributed by atoms with Crippen molar-refractivity contribution in [2.24, 2.45) is 5.18 Å². The van der Waals surface area contributed by atoms with E-state index in [9.17, 15) is 9.70 Å². The molecule has 4 nitrogen and oxygen atoms in total. The zero-order chi connectivity index (χ0) is 10.1. The minimum Gasteiger partial charge on any atom is -0.477 e. The second-order valence-electron chi connectivity index (χ2n) is 2.73. The van der Waals surface area contributed by atoms with Crippen molar-refractivity contribution in [3.8, 4) is 0 Å². The predicted octanol–water partition coefficient (Wildman–Crippen LogP) is 3.00. The van der Waals surface area contributed by atoms with Crippen molar-refractivity contribution >= 4 is 33.1 Å². The van der Waals surface area contributed by atoms with E-state index in [0.29, 0.717) is 5.69 Å². The van der Waals surface area contributed by atoms with Crippen LogP contribution >= 0.6 is 11.3 Å². The molecule has 70 valence electrons. The molecule has 0 unspecified atom stereocenters. The van der Waals surface area contributed by atoms with Crippen molar-refractivity contribution in [1.82, 2.24) is 0 Å². The van der Waals surface area contributed by atoms with Crippen molar-refractivity contribution in [2.45, 2.75) is 0 Å². The number of thiophene rings is 1. The molecule has 0 bridgehead atoms. The van der Waals surface area contributed by atoms with Gasteiger partial charge in [-0.05, 0) is 28.8 Å². The number of carbonyl (C=O) groups is 1. The molecular weight excluding hydrogens is 202 g/mol. The summed E-state index contributed by atoms with van der Waals surface area (Å²) in [7, 11) is 0. The van der Waals surface area contributed by atoms with Crippen molar-refractivity contribution < 1.29 is 9.90 Å². The molecule has 14 heavy (non-hydrogen) atoms. The molecule has 2 aromatic rings. The number of fused-ring (bicyclic) bond motifs is 1. The summed E-state index contributed by atoms with van der Waals surface area (Å²) >= 11 is 1.14. The van der Waals surface area contributed by atoms with E-state index in [-0.39, 0.29) is 4.88 Å². The highest BCUT2D eigenvalue weighted by molar-refractivity contribution is 7.20. The molecule has 0 saturated carbocycles. The standard InChI is InChI=1S/C9H5NO3S/c11-9(12)8-3-5-1-2-6(10-13)4-7(5)14-8/h1-4H,(H,11,12). The highest BCUT2D eigenvalue weighted by Gasteiger charge is 2.08. The quantitative estimate of drug-likeness (QED) is 0.769. The van der Waals surface area contributed by atoms with Crippen LogP contribution in [0.5, 0.6) is 0 Å². The number of rotatable bonds is 2. The first-order valence-electron chi connectivity index (χ1n) is 3.81. The highest BCUT2D eigenvalue weighted by atomic mass is 32.1. The number of hydrogen-bond donors (Lipinski definition) is 1. The first-order valence-corrected chi connectivity index (χ1v) is 4.62. The molecule has 0 radical (unpaired) electrons. The van der Waals surface area contributed by atoms with Crippen LogP contribution in [0.2, 0.25) is 0 Å². The zero-order valence-electron chi connectivity index (χ0n) is 6.93. The Hall–Kier alpha value is -1.75. The number of nitrogens with zero attached hydrogens (tertiary/aromatic N) is 1. The van der Waals surface area contributed by atoms with Crippen LogP contribution in [0.1, 0.15) is 9.67 Å². The lowest BCUT2D eigenvalue weighted by atomic mass is 10.2. The summed E-state index contributed by atoms with van der Waals surface area (Å²) < 4.78 is 0.763. The van der Waals surface area contributed by atoms with E-state index in [0.717, 1.165) is 21.4 Å². The second kappa shape index (κ2) is 3.19. The Morgan fingerprint density at radius 2 is 2.14 bits per heavy atom. The van der Waals surface area contributed by atoms with Gasteiger partial charge in [0.25, 0.3) is 0 Å². The molecule has 0 aliphatic carbocycles. The minimum atomic E-state index is -0.952. The maximum absolute atomic E-state index is 10.7. The molecule has 0 spiro atoms. The molecule has 0 aliphatic heterocycles. The molecule has 0 saturated heterocycles. The largest absolute Gasteiger partial charge is 0.477 e. The molecule has 0 amide bonds. The van der Waals surface area contributed by atoms with Crippen molar-refractivity contribution in [2.75, 3.05) is 0 Å². The van der Waals surface area contributed by atoms with Gasteiger partial charge in [-0.15, -0.1) is 16.2 Å². The van der Waals surface area contributed by atoms with Crippen molar-refractivity contribution in [3.63, 3.8) is 0 Å². The van der Waals surface area contributed by atoms with Gasteiger partial charge < -0.3 is 5.11 Å². The number of nitroso groups, excluding NO2 is 1. The average Bonchev–Trinajstić information content (AvgIpc) is 2.59. The van der Waals surface area contributed by atoms with Gasteiger partial charge >= 0.3 is 5.97 Å². The summed E-state index contributed by atoms with van der Waals surface area (Å²) in [5.41, 5.74) is 0.316. The second-order valence-corrected chi connectivity index (χ2v) is 3.81. The van der Waals surface area contributed by atoms with Crippen LogP contribution < -0.4 is 0 Å². The number of aromatic carboxylic acids is 1. The van der Waals surface area contributed by atoms with Gasteiger partial charge in [0, 0.05) is 4.70 Å². The van der Waals surface area contributed by atoms with Gasteiger partial charge in [0.05, 0.1) is 0 Å². The fraction of sp³-hybridized carbons (Fsp3) is 0. The topological polar surface area (TPSA) is 66.7 Å². The van der Waals surface area contributed by atoms with E-state index in [1.54, 1.807) is 24.3 Å². The van der Waals surface area contributed by atoms with E-state index in [1.165, 1.54) is 0 Å². The summed E-state index contributed by atoms with van der Waals surface area (Å²) in [6.07, 6.45) is 0. The molecule has 0 atom stereocenters. The number of hydrogen-bond acceptors (Lipinski definition) is 4. The molecule has 1 aromatic carbocycles. The van der Waals surface area contributed by atoms with E-state index < -0.39 is 5.97 Å². The normalized spacial score (nSPS) is 10.3. The molecule has 1 aromatic heterocycles. The minimum absolute atomic E-state index is 0.267.